The highest BCUT2D eigenvalue weighted by Crippen LogP contribution is 2.22. The van der Waals surface area contributed by atoms with Gasteiger partial charge in [0.1, 0.15) is 24.4 Å². The Kier molecular flexibility index (Phi) is 38.4. The molecule has 1 aliphatic rings. The fraction of sp³-hybridized carbons (Fsp3) is 0.804. The summed E-state index contributed by atoms with van der Waals surface area (Å²) in [5, 5.41) is 54.0. The number of amides is 1. The van der Waals surface area contributed by atoms with Crippen LogP contribution in [-0.4, -0.2) is 100 Å². The number of ether oxygens (including phenoxy) is 3. The van der Waals surface area contributed by atoms with Crippen LogP contribution in [0.4, 0.5) is 0 Å². The quantitative estimate of drug-likeness (QED) is 0.0197. The lowest BCUT2D eigenvalue weighted by Crippen LogP contribution is -2.60. The van der Waals surface area contributed by atoms with Crippen molar-refractivity contribution >= 4 is 11.9 Å². The van der Waals surface area contributed by atoms with E-state index in [0.717, 1.165) is 70.6 Å². The molecule has 1 aliphatic heterocycles. The molecule has 0 saturated carbocycles. The van der Waals surface area contributed by atoms with Gasteiger partial charge < -0.3 is 45.1 Å². The Bertz CT molecular complexity index is 1170. The van der Waals surface area contributed by atoms with E-state index in [1.807, 2.05) is 18.2 Å². The van der Waals surface area contributed by atoms with Crippen molar-refractivity contribution < 1.29 is 49.3 Å². The number of allylic oxidation sites excluding steroid dienone is 7. The third kappa shape index (κ3) is 31.5. The standard InChI is InChI=1S/C51H91NO10/c1-3-5-7-9-11-13-18-23-27-31-35-39-47(56)60-40-36-32-28-24-20-17-15-16-19-22-26-30-34-38-46(55)52-43(42-61-51-50(59)49(58)48(57)45(41-53)62-51)44(54)37-33-29-25-21-14-12-10-8-6-4-2/h14,16,19,21,26,30,33,37,43-45,48-51,53-54,57-59H,3-13,15,17-18,20,22-25,27-29,31-32,34-36,38-42H2,1-2H3,(H,52,55)/b19-16-,21-14+,30-26-,37-33+. The second-order valence-electron chi connectivity index (χ2n) is 17.2. The molecule has 7 atom stereocenters. The average Bonchev–Trinajstić information content (AvgIpc) is 3.27. The zero-order valence-electron chi connectivity index (χ0n) is 39.1. The van der Waals surface area contributed by atoms with E-state index < -0.39 is 49.5 Å². The molecule has 0 bridgehead atoms. The molecule has 62 heavy (non-hydrogen) atoms. The summed E-state index contributed by atoms with van der Waals surface area (Å²) in [5.74, 6) is -0.318. The number of carbonyl (C=O) groups is 2. The van der Waals surface area contributed by atoms with Gasteiger partial charge >= 0.3 is 5.97 Å². The average molecular weight is 878 g/mol. The first-order valence-electron chi connectivity index (χ1n) is 24.9. The molecule has 0 aromatic carbocycles. The van der Waals surface area contributed by atoms with Crippen molar-refractivity contribution in [1.29, 1.82) is 0 Å². The van der Waals surface area contributed by atoms with Crippen LogP contribution in [-0.2, 0) is 23.8 Å². The first-order chi connectivity index (χ1) is 30.2. The molecule has 1 rings (SSSR count). The van der Waals surface area contributed by atoms with Gasteiger partial charge in [0.2, 0.25) is 5.91 Å². The molecular weight excluding hydrogens is 787 g/mol. The van der Waals surface area contributed by atoms with Crippen LogP contribution in [0, 0.1) is 0 Å². The Morgan fingerprint density at radius 3 is 1.74 bits per heavy atom. The third-order valence-electron chi connectivity index (χ3n) is 11.4. The largest absolute Gasteiger partial charge is 0.466 e. The maximum absolute atomic E-state index is 12.9. The van der Waals surface area contributed by atoms with Gasteiger partial charge in [-0.05, 0) is 64.2 Å². The molecule has 0 spiro atoms. The maximum atomic E-state index is 12.9. The highest BCUT2D eigenvalue weighted by Gasteiger charge is 2.44. The van der Waals surface area contributed by atoms with Gasteiger partial charge in [0, 0.05) is 12.8 Å². The predicted octanol–water partition coefficient (Wildman–Crippen LogP) is 9.77. The van der Waals surface area contributed by atoms with Crippen LogP contribution in [0.3, 0.4) is 0 Å². The predicted molar refractivity (Wildman–Crippen MR) is 250 cm³/mol. The van der Waals surface area contributed by atoms with Crippen molar-refractivity contribution in [3.05, 3.63) is 48.6 Å². The summed E-state index contributed by atoms with van der Waals surface area (Å²) >= 11 is 0. The molecule has 0 aromatic rings. The number of hydrogen-bond acceptors (Lipinski definition) is 10. The van der Waals surface area contributed by atoms with Crippen LogP contribution in [0.5, 0.6) is 0 Å². The zero-order valence-corrected chi connectivity index (χ0v) is 39.1. The molecule has 1 saturated heterocycles. The maximum Gasteiger partial charge on any atom is 0.305 e. The second-order valence-corrected chi connectivity index (χ2v) is 17.2. The Hall–Kier alpha value is -2.38. The van der Waals surface area contributed by atoms with Gasteiger partial charge in [-0.1, -0.05) is 172 Å². The van der Waals surface area contributed by atoms with Crippen molar-refractivity contribution in [2.45, 2.75) is 243 Å². The topological polar surface area (TPSA) is 175 Å². The summed E-state index contributed by atoms with van der Waals surface area (Å²) in [6, 6.07) is -0.870. The molecule has 11 heteroatoms. The lowest BCUT2D eigenvalue weighted by atomic mass is 9.99. The fourth-order valence-corrected chi connectivity index (χ4v) is 7.38. The van der Waals surface area contributed by atoms with E-state index >= 15 is 0 Å². The summed E-state index contributed by atoms with van der Waals surface area (Å²) in [6.45, 7) is 4.17. The summed E-state index contributed by atoms with van der Waals surface area (Å²) in [5.41, 5.74) is 0. The second kappa shape index (κ2) is 41.3. The van der Waals surface area contributed by atoms with E-state index in [2.05, 4.69) is 43.5 Å². The van der Waals surface area contributed by atoms with Crippen molar-refractivity contribution in [3.63, 3.8) is 0 Å². The fourth-order valence-electron chi connectivity index (χ4n) is 7.38. The molecule has 1 fully saturated rings. The van der Waals surface area contributed by atoms with Crippen LogP contribution in [0.2, 0.25) is 0 Å². The molecule has 1 amide bonds. The summed E-state index contributed by atoms with van der Waals surface area (Å²) in [6.07, 6.45) is 39.3. The smallest absolute Gasteiger partial charge is 0.305 e. The highest BCUT2D eigenvalue weighted by atomic mass is 16.7. The minimum Gasteiger partial charge on any atom is -0.466 e. The number of unbranched alkanes of at least 4 members (excludes halogenated alkanes) is 21. The first kappa shape index (κ1) is 57.6. The van der Waals surface area contributed by atoms with Gasteiger partial charge in [0.05, 0.1) is 32.0 Å². The lowest BCUT2D eigenvalue weighted by Gasteiger charge is -2.40. The van der Waals surface area contributed by atoms with Crippen LogP contribution in [0.25, 0.3) is 0 Å². The third-order valence-corrected chi connectivity index (χ3v) is 11.4. The van der Waals surface area contributed by atoms with E-state index in [0.29, 0.717) is 19.4 Å². The molecule has 11 nitrogen and oxygen atoms in total. The summed E-state index contributed by atoms with van der Waals surface area (Å²) < 4.78 is 16.6. The van der Waals surface area contributed by atoms with E-state index in [1.54, 1.807) is 6.08 Å². The van der Waals surface area contributed by atoms with E-state index in [4.69, 9.17) is 14.2 Å². The monoisotopic (exact) mass is 878 g/mol. The summed E-state index contributed by atoms with van der Waals surface area (Å²) in [4.78, 5) is 24.9. The first-order valence-corrected chi connectivity index (χ1v) is 24.9. The Morgan fingerprint density at radius 2 is 1.11 bits per heavy atom. The van der Waals surface area contributed by atoms with Crippen molar-refractivity contribution in [3.8, 4) is 0 Å². The lowest BCUT2D eigenvalue weighted by molar-refractivity contribution is -0.302. The van der Waals surface area contributed by atoms with Gasteiger partial charge in [-0.25, -0.2) is 0 Å². The summed E-state index contributed by atoms with van der Waals surface area (Å²) in [7, 11) is 0. The number of esters is 1. The number of rotatable bonds is 41. The molecular formula is C51H91NO10. The zero-order chi connectivity index (χ0) is 45.3. The highest BCUT2D eigenvalue weighted by molar-refractivity contribution is 5.76. The Morgan fingerprint density at radius 1 is 0.597 bits per heavy atom. The number of nitrogens with one attached hydrogen (secondary N) is 1. The molecule has 6 N–H and O–H groups in total. The van der Waals surface area contributed by atoms with E-state index in [9.17, 15) is 35.1 Å². The number of hydrogen-bond donors (Lipinski definition) is 6. The van der Waals surface area contributed by atoms with Crippen LogP contribution in [0.1, 0.15) is 200 Å². The van der Waals surface area contributed by atoms with Gasteiger partial charge in [-0.2, -0.15) is 0 Å². The van der Waals surface area contributed by atoms with Crippen LogP contribution < -0.4 is 5.32 Å². The van der Waals surface area contributed by atoms with Crippen molar-refractivity contribution in [1.82, 2.24) is 5.32 Å². The molecule has 0 aliphatic carbocycles. The molecule has 360 valence electrons. The molecule has 0 aromatic heterocycles. The number of aliphatic hydroxyl groups is 5. The van der Waals surface area contributed by atoms with Gasteiger partial charge in [0.25, 0.3) is 0 Å². The van der Waals surface area contributed by atoms with Gasteiger partial charge in [-0.3, -0.25) is 9.59 Å². The number of carbonyl (C=O) groups excluding carboxylic acids is 2. The molecule has 1 heterocycles. The Labute approximate surface area is 376 Å². The van der Waals surface area contributed by atoms with E-state index in [-0.39, 0.29) is 24.9 Å². The van der Waals surface area contributed by atoms with E-state index in [1.165, 1.54) is 96.3 Å². The minimum atomic E-state index is -1.59. The van der Waals surface area contributed by atoms with Gasteiger partial charge in [0.15, 0.2) is 6.29 Å². The van der Waals surface area contributed by atoms with Crippen LogP contribution in [0.15, 0.2) is 48.6 Å². The Balaban J connectivity index is 2.24. The SMILES string of the molecule is CCCCCC/C=C/CC/C=C/C(O)C(COC1OC(CO)C(O)C(O)C1O)NC(=O)CC/C=C\C/C=C\CCCCCCCCOC(=O)CCCCCCCCCCCCC. The number of aliphatic hydroxyl groups excluding tert-OH is 5. The molecule has 0 radical (unpaired) electrons. The minimum absolute atomic E-state index is 0.0420. The van der Waals surface area contributed by atoms with Crippen molar-refractivity contribution in [2.24, 2.45) is 0 Å². The molecule has 7 unspecified atom stereocenters. The van der Waals surface area contributed by atoms with Crippen molar-refractivity contribution in [2.75, 3.05) is 19.8 Å². The van der Waals surface area contributed by atoms with Gasteiger partial charge in [-0.15, -0.1) is 0 Å². The normalized spacial score (nSPS) is 20.5. The van der Waals surface area contributed by atoms with Crippen LogP contribution >= 0.6 is 0 Å².